The highest BCUT2D eigenvalue weighted by Gasteiger charge is 2.29. The predicted octanol–water partition coefficient (Wildman–Crippen LogP) is 6.60. The van der Waals surface area contributed by atoms with Gasteiger partial charge in [0.1, 0.15) is 11.3 Å². The number of sulfonamides is 1. The monoisotopic (exact) mass is 608 g/mol. The van der Waals surface area contributed by atoms with Crippen LogP contribution in [0.4, 0.5) is 5.69 Å². The van der Waals surface area contributed by atoms with E-state index in [0.29, 0.717) is 35.8 Å². The number of esters is 1. The van der Waals surface area contributed by atoms with Gasteiger partial charge in [0.25, 0.3) is 0 Å². The van der Waals surface area contributed by atoms with Gasteiger partial charge in [-0.25, -0.2) is 13.2 Å². The molecule has 9 heteroatoms. The Kier molecular flexibility index (Phi) is 12.3. The molecule has 0 aliphatic rings. The van der Waals surface area contributed by atoms with Crippen molar-refractivity contribution in [2.45, 2.75) is 71.7 Å². The van der Waals surface area contributed by atoms with Crippen LogP contribution < -0.4 is 9.64 Å². The van der Waals surface area contributed by atoms with Crippen LogP contribution in [0.1, 0.15) is 72.1 Å². The Hall–Kier alpha value is -3.69. The number of hydrogen-bond acceptors (Lipinski definition) is 6. The molecule has 0 unspecified atom stereocenters. The highest BCUT2D eigenvalue weighted by atomic mass is 32.2. The van der Waals surface area contributed by atoms with Crippen LogP contribution in [0.3, 0.4) is 0 Å². The van der Waals surface area contributed by atoms with Gasteiger partial charge in [-0.1, -0.05) is 74.7 Å². The number of carbonyl (C=O) groups excluding carboxylic acids is 2. The van der Waals surface area contributed by atoms with Crippen molar-refractivity contribution >= 4 is 27.6 Å². The number of anilines is 1. The Labute approximate surface area is 256 Å². The van der Waals surface area contributed by atoms with E-state index in [1.165, 1.54) is 11.9 Å². The fourth-order valence-corrected chi connectivity index (χ4v) is 6.38. The number of ether oxygens (including phenoxy) is 2. The topological polar surface area (TPSA) is 93.2 Å². The number of aryl methyl sites for hydroxylation is 3. The maximum atomic E-state index is 13.9. The average molecular weight is 609 g/mol. The fraction of sp³-hybridized carbons (Fsp3) is 0.412. The molecule has 232 valence electrons. The van der Waals surface area contributed by atoms with E-state index in [1.54, 1.807) is 32.0 Å². The molecule has 0 fully saturated rings. The number of carbonyl (C=O) groups is 2. The summed E-state index contributed by atoms with van der Waals surface area (Å²) < 4.78 is 39.8. The SMILES string of the molecule is CCCCOC(=O)c1ccc(N(Cc2ccccc2)C(=O)CN(C)S(=O)(=O)c2c(C)cc(C)cc2C)cc1OCCCC. The lowest BCUT2D eigenvalue weighted by molar-refractivity contribution is -0.118. The molecule has 0 N–H and O–H groups in total. The van der Waals surface area contributed by atoms with Crippen LogP contribution in [0.25, 0.3) is 0 Å². The first-order chi connectivity index (χ1) is 20.5. The van der Waals surface area contributed by atoms with E-state index >= 15 is 0 Å². The first-order valence-electron chi connectivity index (χ1n) is 14.8. The minimum atomic E-state index is -3.95. The van der Waals surface area contributed by atoms with Crippen LogP contribution in [-0.4, -0.2) is 51.4 Å². The minimum Gasteiger partial charge on any atom is -0.493 e. The number of rotatable bonds is 15. The summed E-state index contributed by atoms with van der Waals surface area (Å²) in [5.41, 5.74) is 3.87. The summed E-state index contributed by atoms with van der Waals surface area (Å²) in [5.74, 6) is -0.581. The first-order valence-corrected chi connectivity index (χ1v) is 16.3. The zero-order valence-electron chi connectivity index (χ0n) is 26.2. The average Bonchev–Trinajstić information content (AvgIpc) is 2.95. The number of unbranched alkanes of at least 4 members (excludes halogenated alkanes) is 2. The van der Waals surface area contributed by atoms with Crippen molar-refractivity contribution in [1.29, 1.82) is 0 Å². The zero-order chi connectivity index (χ0) is 31.6. The summed E-state index contributed by atoms with van der Waals surface area (Å²) in [6.07, 6.45) is 3.36. The van der Waals surface area contributed by atoms with Crippen LogP contribution in [0.15, 0.2) is 65.6 Å². The maximum absolute atomic E-state index is 13.9. The van der Waals surface area contributed by atoms with Crippen LogP contribution >= 0.6 is 0 Å². The summed E-state index contributed by atoms with van der Waals surface area (Å²) in [6.45, 7) is 10.0. The number of nitrogens with zero attached hydrogens (tertiary/aromatic N) is 2. The summed E-state index contributed by atoms with van der Waals surface area (Å²) in [6, 6.07) is 18.0. The van der Waals surface area contributed by atoms with Gasteiger partial charge < -0.3 is 14.4 Å². The van der Waals surface area contributed by atoms with Crippen molar-refractivity contribution in [2.75, 3.05) is 31.7 Å². The second-order valence-corrected chi connectivity index (χ2v) is 12.8. The second-order valence-electron chi connectivity index (χ2n) is 10.8. The van der Waals surface area contributed by atoms with E-state index in [0.717, 1.165) is 41.1 Å². The van der Waals surface area contributed by atoms with Gasteiger partial charge >= 0.3 is 5.97 Å². The molecule has 0 aromatic heterocycles. The van der Waals surface area contributed by atoms with Crippen molar-refractivity contribution < 1.29 is 27.5 Å². The predicted molar refractivity (Wildman–Crippen MR) is 170 cm³/mol. The van der Waals surface area contributed by atoms with Crippen LogP contribution in [-0.2, 0) is 26.1 Å². The Morgan fingerprint density at radius 1 is 0.837 bits per heavy atom. The van der Waals surface area contributed by atoms with E-state index in [1.807, 2.05) is 63.2 Å². The lowest BCUT2D eigenvalue weighted by atomic mass is 10.1. The van der Waals surface area contributed by atoms with Gasteiger partial charge in [-0.15, -0.1) is 0 Å². The van der Waals surface area contributed by atoms with Gasteiger partial charge in [0, 0.05) is 18.8 Å². The highest BCUT2D eigenvalue weighted by Crippen LogP contribution is 2.30. The molecule has 0 aliphatic carbocycles. The van der Waals surface area contributed by atoms with Gasteiger partial charge in [-0.3, -0.25) is 4.79 Å². The molecule has 0 bridgehead atoms. The molecule has 3 aromatic carbocycles. The lowest BCUT2D eigenvalue weighted by Gasteiger charge is -2.27. The van der Waals surface area contributed by atoms with Gasteiger partial charge in [0.05, 0.1) is 31.2 Å². The first kappa shape index (κ1) is 33.8. The van der Waals surface area contributed by atoms with Crippen molar-refractivity contribution in [3.63, 3.8) is 0 Å². The van der Waals surface area contributed by atoms with Gasteiger partial charge in [0.2, 0.25) is 15.9 Å². The highest BCUT2D eigenvalue weighted by molar-refractivity contribution is 7.89. The van der Waals surface area contributed by atoms with Crippen molar-refractivity contribution in [1.82, 2.24) is 4.31 Å². The quantitative estimate of drug-likeness (QED) is 0.143. The Morgan fingerprint density at radius 3 is 2.09 bits per heavy atom. The Morgan fingerprint density at radius 2 is 1.47 bits per heavy atom. The van der Waals surface area contributed by atoms with Gasteiger partial charge in [-0.05, 0) is 62.4 Å². The fourth-order valence-electron chi connectivity index (χ4n) is 4.86. The molecule has 3 rings (SSSR count). The molecule has 43 heavy (non-hydrogen) atoms. The van der Waals surface area contributed by atoms with E-state index in [2.05, 4.69) is 0 Å². The van der Waals surface area contributed by atoms with Crippen molar-refractivity contribution in [3.8, 4) is 5.75 Å². The number of hydrogen-bond donors (Lipinski definition) is 0. The molecule has 0 saturated carbocycles. The van der Waals surface area contributed by atoms with E-state index in [-0.39, 0.29) is 23.5 Å². The molecule has 8 nitrogen and oxygen atoms in total. The van der Waals surface area contributed by atoms with Crippen LogP contribution in [0.5, 0.6) is 5.75 Å². The summed E-state index contributed by atoms with van der Waals surface area (Å²) >= 11 is 0. The van der Waals surface area contributed by atoms with Crippen LogP contribution in [0, 0.1) is 20.8 Å². The molecule has 0 heterocycles. The van der Waals surface area contributed by atoms with Gasteiger partial charge in [-0.2, -0.15) is 4.31 Å². The molecule has 0 radical (unpaired) electrons. The summed E-state index contributed by atoms with van der Waals surface area (Å²) in [4.78, 5) is 28.5. The Balaban J connectivity index is 1.98. The largest absolute Gasteiger partial charge is 0.493 e. The molecule has 0 aliphatic heterocycles. The number of likely N-dealkylation sites (N-methyl/N-ethyl adjacent to an activating group) is 1. The molecule has 0 saturated heterocycles. The molecular weight excluding hydrogens is 564 g/mol. The number of amides is 1. The van der Waals surface area contributed by atoms with E-state index in [9.17, 15) is 18.0 Å². The van der Waals surface area contributed by atoms with Crippen molar-refractivity contribution in [2.24, 2.45) is 0 Å². The number of benzene rings is 3. The minimum absolute atomic E-state index is 0.199. The third-order valence-electron chi connectivity index (χ3n) is 7.10. The molecular formula is C34H44N2O6S. The molecule has 0 spiro atoms. The second kappa shape index (κ2) is 15.7. The lowest BCUT2D eigenvalue weighted by Crippen LogP contribution is -2.41. The van der Waals surface area contributed by atoms with E-state index in [4.69, 9.17) is 9.47 Å². The third-order valence-corrected chi connectivity index (χ3v) is 9.21. The van der Waals surface area contributed by atoms with E-state index < -0.39 is 21.9 Å². The molecule has 3 aromatic rings. The van der Waals surface area contributed by atoms with Crippen LogP contribution in [0.2, 0.25) is 0 Å². The Bertz CT molecular complexity index is 1480. The summed E-state index contributed by atoms with van der Waals surface area (Å²) in [7, 11) is -2.53. The zero-order valence-corrected chi connectivity index (χ0v) is 27.0. The molecule has 0 atom stereocenters. The molecule has 1 amide bonds. The standard InChI is InChI=1S/C34H44N2O6S/c1-7-9-18-41-31-22-29(16-17-30(31)34(38)42-19-10-8-2)36(23-28-14-12-11-13-15-28)32(37)24-35(6)43(39,40)33-26(4)20-25(3)21-27(33)5/h11-17,20-22H,7-10,18-19,23-24H2,1-6H3. The smallest absolute Gasteiger partial charge is 0.341 e. The maximum Gasteiger partial charge on any atom is 0.341 e. The third kappa shape index (κ3) is 8.91. The summed E-state index contributed by atoms with van der Waals surface area (Å²) in [5, 5.41) is 0. The normalized spacial score (nSPS) is 11.4. The van der Waals surface area contributed by atoms with Gasteiger partial charge in [0.15, 0.2) is 0 Å². The van der Waals surface area contributed by atoms with Crippen molar-refractivity contribution in [3.05, 3.63) is 88.5 Å².